The SMILES string of the molecule is COC(=O)c1ccc(CN2C(=O)C3CC(O)CN3C3(CN(C4CCN(C)CC4)C3)C2=O)cc1. The van der Waals surface area contributed by atoms with E-state index in [1.807, 2.05) is 4.90 Å². The van der Waals surface area contributed by atoms with E-state index in [4.69, 9.17) is 4.74 Å². The van der Waals surface area contributed by atoms with Gasteiger partial charge in [-0.25, -0.2) is 4.79 Å². The van der Waals surface area contributed by atoms with Gasteiger partial charge in [0.05, 0.1) is 31.4 Å². The molecule has 2 amide bonds. The van der Waals surface area contributed by atoms with Gasteiger partial charge in [0.25, 0.3) is 5.91 Å². The summed E-state index contributed by atoms with van der Waals surface area (Å²) in [5.74, 6) is -0.833. The van der Waals surface area contributed by atoms with E-state index in [1.54, 1.807) is 24.3 Å². The number of esters is 1. The number of amides is 2. The van der Waals surface area contributed by atoms with Crippen molar-refractivity contribution in [3.05, 3.63) is 35.4 Å². The first-order valence-electron chi connectivity index (χ1n) is 11.7. The van der Waals surface area contributed by atoms with Crippen LogP contribution in [0.4, 0.5) is 0 Å². The second kappa shape index (κ2) is 8.47. The van der Waals surface area contributed by atoms with Crippen LogP contribution in [0.5, 0.6) is 0 Å². The third-order valence-electron chi connectivity index (χ3n) is 7.87. The summed E-state index contributed by atoms with van der Waals surface area (Å²) >= 11 is 0. The second-order valence-corrected chi connectivity index (χ2v) is 9.95. The van der Waals surface area contributed by atoms with Crippen molar-refractivity contribution in [3.63, 3.8) is 0 Å². The van der Waals surface area contributed by atoms with Crippen molar-refractivity contribution < 1.29 is 24.2 Å². The summed E-state index contributed by atoms with van der Waals surface area (Å²) < 4.78 is 4.74. The van der Waals surface area contributed by atoms with Crippen LogP contribution in [0.15, 0.2) is 24.3 Å². The van der Waals surface area contributed by atoms with Crippen molar-refractivity contribution in [1.29, 1.82) is 0 Å². The molecule has 33 heavy (non-hydrogen) atoms. The summed E-state index contributed by atoms with van der Waals surface area (Å²) in [4.78, 5) is 46.8. The van der Waals surface area contributed by atoms with Crippen molar-refractivity contribution in [2.24, 2.45) is 0 Å². The number of hydrogen-bond acceptors (Lipinski definition) is 8. The maximum Gasteiger partial charge on any atom is 0.337 e. The van der Waals surface area contributed by atoms with Gasteiger partial charge in [0.15, 0.2) is 0 Å². The number of piperidine rings is 1. The lowest BCUT2D eigenvalue weighted by atomic mass is 9.80. The molecule has 9 heteroatoms. The van der Waals surface area contributed by atoms with Gasteiger partial charge in [-0.1, -0.05) is 12.1 Å². The number of benzene rings is 1. The van der Waals surface area contributed by atoms with E-state index in [0.717, 1.165) is 31.5 Å². The number of carbonyl (C=O) groups excluding carboxylic acids is 3. The molecule has 1 N–H and O–H groups in total. The van der Waals surface area contributed by atoms with Crippen LogP contribution in [-0.4, -0.2) is 113 Å². The fraction of sp³-hybridized carbons (Fsp3) is 0.625. The fourth-order valence-corrected chi connectivity index (χ4v) is 5.93. The number of rotatable bonds is 4. The molecule has 1 spiro atoms. The van der Waals surface area contributed by atoms with Crippen molar-refractivity contribution in [3.8, 4) is 0 Å². The zero-order chi connectivity index (χ0) is 23.3. The zero-order valence-corrected chi connectivity index (χ0v) is 19.3. The number of β-amino-alcohol motifs (C(OH)–C–C–N with tert-alkyl or cyclic N) is 1. The van der Waals surface area contributed by atoms with Crippen molar-refractivity contribution in [2.75, 3.05) is 46.9 Å². The number of imide groups is 1. The first-order chi connectivity index (χ1) is 15.8. The summed E-state index contributed by atoms with van der Waals surface area (Å²) in [6.45, 7) is 3.85. The molecule has 0 aliphatic carbocycles. The zero-order valence-electron chi connectivity index (χ0n) is 19.3. The number of fused-ring (bicyclic) bond motifs is 2. The minimum Gasteiger partial charge on any atom is -0.465 e. The summed E-state index contributed by atoms with van der Waals surface area (Å²) in [5.41, 5.74) is 0.454. The number of piperazine rings is 1. The first-order valence-corrected chi connectivity index (χ1v) is 11.7. The number of aliphatic hydroxyl groups is 1. The van der Waals surface area contributed by atoms with Crippen molar-refractivity contribution in [2.45, 2.75) is 49.5 Å². The predicted octanol–water partition coefficient (Wildman–Crippen LogP) is -0.0742. The lowest BCUT2D eigenvalue weighted by Gasteiger charge is -2.60. The van der Waals surface area contributed by atoms with Crippen LogP contribution in [0.1, 0.15) is 35.2 Å². The number of ether oxygens (including phenoxy) is 1. The Balaban J connectivity index is 1.36. The van der Waals surface area contributed by atoms with E-state index in [9.17, 15) is 19.5 Å². The predicted molar refractivity (Wildman–Crippen MR) is 119 cm³/mol. The van der Waals surface area contributed by atoms with E-state index in [0.29, 0.717) is 37.7 Å². The standard InChI is InChI=1S/C24H32N4O5/c1-25-9-7-18(8-10-25)26-14-24(15-26)23(32)27(21(30)20-11-19(29)13-28(20)24)12-16-3-5-17(6-4-16)22(31)33-2/h3-6,18-20,29H,7-15H2,1-2H3. The van der Waals surface area contributed by atoms with E-state index < -0.39 is 23.7 Å². The van der Waals surface area contributed by atoms with Gasteiger partial charge in [-0.05, 0) is 57.1 Å². The quantitative estimate of drug-likeness (QED) is 0.497. The van der Waals surface area contributed by atoms with Crippen LogP contribution in [0.2, 0.25) is 0 Å². The molecule has 4 aliphatic heterocycles. The highest BCUT2D eigenvalue weighted by Gasteiger charge is 2.64. The Hall–Kier alpha value is -2.33. The smallest absolute Gasteiger partial charge is 0.337 e. The number of methoxy groups -OCH3 is 1. The third-order valence-corrected chi connectivity index (χ3v) is 7.87. The molecule has 4 saturated heterocycles. The van der Waals surface area contributed by atoms with Crippen LogP contribution in [0.3, 0.4) is 0 Å². The van der Waals surface area contributed by atoms with Crippen LogP contribution in [0.25, 0.3) is 0 Å². The van der Waals surface area contributed by atoms with Crippen LogP contribution in [-0.2, 0) is 20.9 Å². The molecule has 0 aromatic heterocycles. The summed E-state index contributed by atoms with van der Waals surface area (Å²) in [6, 6.07) is 6.79. The minimum absolute atomic E-state index is 0.162. The summed E-state index contributed by atoms with van der Waals surface area (Å²) in [7, 11) is 3.46. The highest BCUT2D eigenvalue weighted by Crippen LogP contribution is 2.42. The molecule has 9 nitrogen and oxygen atoms in total. The summed E-state index contributed by atoms with van der Waals surface area (Å²) in [5, 5.41) is 10.4. The van der Waals surface area contributed by atoms with E-state index >= 15 is 0 Å². The van der Waals surface area contributed by atoms with Crippen LogP contribution < -0.4 is 0 Å². The van der Waals surface area contributed by atoms with E-state index in [1.165, 1.54) is 12.0 Å². The molecule has 178 valence electrons. The van der Waals surface area contributed by atoms with Gasteiger partial charge in [-0.15, -0.1) is 0 Å². The molecule has 0 radical (unpaired) electrons. The van der Waals surface area contributed by atoms with Crippen molar-refractivity contribution in [1.82, 2.24) is 19.6 Å². The van der Waals surface area contributed by atoms with Crippen LogP contribution in [0, 0.1) is 0 Å². The molecule has 0 bridgehead atoms. The Morgan fingerprint density at radius 1 is 1.15 bits per heavy atom. The molecule has 4 heterocycles. The molecular formula is C24H32N4O5. The van der Waals surface area contributed by atoms with Crippen molar-refractivity contribution >= 4 is 17.8 Å². The Kier molecular flexibility index (Phi) is 5.76. The Morgan fingerprint density at radius 2 is 1.82 bits per heavy atom. The maximum atomic E-state index is 13.8. The minimum atomic E-state index is -0.745. The van der Waals surface area contributed by atoms with Gasteiger partial charge in [0.1, 0.15) is 5.54 Å². The lowest BCUT2D eigenvalue weighted by Crippen LogP contribution is -2.82. The van der Waals surface area contributed by atoms with Gasteiger partial charge in [-0.3, -0.25) is 24.3 Å². The van der Waals surface area contributed by atoms with Gasteiger partial charge >= 0.3 is 5.97 Å². The largest absolute Gasteiger partial charge is 0.465 e. The number of hydrogen-bond donors (Lipinski definition) is 1. The molecule has 2 unspecified atom stereocenters. The number of nitrogens with zero attached hydrogens (tertiary/aromatic N) is 4. The number of likely N-dealkylation sites (tertiary alicyclic amines) is 2. The molecular weight excluding hydrogens is 424 g/mol. The van der Waals surface area contributed by atoms with Crippen LogP contribution >= 0.6 is 0 Å². The van der Waals surface area contributed by atoms with Gasteiger partial charge in [-0.2, -0.15) is 0 Å². The Morgan fingerprint density at radius 3 is 2.45 bits per heavy atom. The molecule has 1 aromatic carbocycles. The lowest BCUT2D eigenvalue weighted by molar-refractivity contribution is -0.184. The van der Waals surface area contributed by atoms with E-state index in [-0.39, 0.29) is 18.4 Å². The second-order valence-electron chi connectivity index (χ2n) is 9.95. The molecule has 5 rings (SSSR count). The topological polar surface area (TPSA) is 93.6 Å². The Labute approximate surface area is 193 Å². The molecule has 0 saturated carbocycles. The average molecular weight is 457 g/mol. The Bertz CT molecular complexity index is 937. The average Bonchev–Trinajstić information content (AvgIpc) is 3.19. The molecule has 1 aromatic rings. The molecule has 2 atom stereocenters. The monoisotopic (exact) mass is 456 g/mol. The maximum absolute atomic E-state index is 13.8. The van der Waals surface area contributed by atoms with Gasteiger partial charge in [0, 0.05) is 25.7 Å². The number of carbonyl (C=O) groups is 3. The highest BCUT2D eigenvalue weighted by molar-refractivity contribution is 6.06. The van der Waals surface area contributed by atoms with Gasteiger partial charge in [0.2, 0.25) is 5.91 Å². The molecule has 4 fully saturated rings. The van der Waals surface area contributed by atoms with E-state index in [2.05, 4.69) is 16.8 Å². The number of aliphatic hydroxyl groups excluding tert-OH is 1. The highest BCUT2D eigenvalue weighted by atomic mass is 16.5. The normalized spacial score (nSPS) is 28.8. The first kappa shape index (κ1) is 22.5. The molecule has 4 aliphatic rings. The van der Waals surface area contributed by atoms with Gasteiger partial charge < -0.3 is 14.7 Å². The third kappa shape index (κ3) is 3.77. The summed E-state index contributed by atoms with van der Waals surface area (Å²) in [6.07, 6.45) is 1.93. The fourth-order valence-electron chi connectivity index (χ4n) is 5.93.